The highest BCUT2D eigenvalue weighted by Crippen LogP contribution is 2.34. The van der Waals surface area contributed by atoms with Crippen LogP contribution in [0, 0.1) is 0 Å². The summed E-state index contributed by atoms with van der Waals surface area (Å²) in [4.78, 5) is 21.9. The number of pyridine rings is 1. The Bertz CT molecular complexity index is 1180. The number of anilines is 2. The van der Waals surface area contributed by atoms with Crippen LogP contribution in [0.2, 0.25) is 0 Å². The smallest absolute Gasteiger partial charge is 0.252 e. The van der Waals surface area contributed by atoms with Crippen molar-refractivity contribution in [2.45, 2.75) is 18.9 Å². The Balaban J connectivity index is 1.65. The van der Waals surface area contributed by atoms with Gasteiger partial charge in [-0.3, -0.25) is 9.36 Å². The molecule has 4 aromatic rings. The van der Waals surface area contributed by atoms with Gasteiger partial charge in [-0.2, -0.15) is 4.98 Å². The first kappa shape index (κ1) is 15.8. The van der Waals surface area contributed by atoms with Crippen LogP contribution in [0.5, 0.6) is 0 Å². The highest BCUT2D eigenvalue weighted by atomic mass is 16.1. The van der Waals surface area contributed by atoms with E-state index in [9.17, 15) is 4.79 Å². The molecule has 132 valence electrons. The van der Waals surface area contributed by atoms with Crippen molar-refractivity contribution in [3.05, 3.63) is 94.4 Å². The third-order valence-corrected chi connectivity index (χ3v) is 5.11. The Labute approximate surface area is 156 Å². The highest BCUT2D eigenvalue weighted by Gasteiger charge is 2.26. The van der Waals surface area contributed by atoms with Gasteiger partial charge in [-0.15, -0.1) is 0 Å². The monoisotopic (exact) mass is 354 g/mol. The summed E-state index contributed by atoms with van der Waals surface area (Å²) in [7, 11) is 0. The van der Waals surface area contributed by atoms with Crippen LogP contribution in [-0.2, 0) is 6.42 Å². The van der Waals surface area contributed by atoms with Crippen LogP contribution in [0.3, 0.4) is 0 Å². The Morgan fingerprint density at radius 3 is 2.67 bits per heavy atom. The standard InChI is InChI=1S/C22H18N4O/c27-20-13-11-16-14-23-22(24-17-7-2-1-3-8-17)25-21(16)26(20)19-12-10-15-6-4-5-9-18(15)19/h1-9,11,13-14,19H,10,12H2,(H,23,24,25). The van der Waals surface area contributed by atoms with E-state index in [0.717, 1.165) is 23.9 Å². The van der Waals surface area contributed by atoms with E-state index in [1.807, 2.05) is 41.0 Å². The Morgan fingerprint density at radius 1 is 0.963 bits per heavy atom. The van der Waals surface area contributed by atoms with Crippen LogP contribution in [0.1, 0.15) is 23.6 Å². The Kier molecular flexibility index (Phi) is 3.71. The summed E-state index contributed by atoms with van der Waals surface area (Å²) in [5.41, 5.74) is 4.06. The van der Waals surface area contributed by atoms with Gasteiger partial charge < -0.3 is 5.32 Å². The van der Waals surface area contributed by atoms with Crippen LogP contribution in [-0.4, -0.2) is 14.5 Å². The predicted octanol–water partition coefficient (Wildman–Crippen LogP) is 4.07. The molecule has 0 amide bonds. The fraction of sp³-hybridized carbons (Fsp3) is 0.136. The minimum Gasteiger partial charge on any atom is -0.324 e. The van der Waals surface area contributed by atoms with Crippen molar-refractivity contribution >= 4 is 22.7 Å². The van der Waals surface area contributed by atoms with E-state index in [-0.39, 0.29) is 11.6 Å². The third-order valence-electron chi connectivity index (χ3n) is 5.11. The Morgan fingerprint density at radius 2 is 1.78 bits per heavy atom. The van der Waals surface area contributed by atoms with E-state index in [0.29, 0.717) is 11.6 Å². The van der Waals surface area contributed by atoms with E-state index >= 15 is 0 Å². The maximum Gasteiger partial charge on any atom is 0.252 e. The topological polar surface area (TPSA) is 59.8 Å². The molecular formula is C22H18N4O. The van der Waals surface area contributed by atoms with Crippen LogP contribution < -0.4 is 10.9 Å². The molecule has 5 rings (SSSR count). The lowest BCUT2D eigenvalue weighted by Gasteiger charge is -2.18. The molecule has 0 spiro atoms. The summed E-state index contributed by atoms with van der Waals surface area (Å²) in [5.74, 6) is 0.485. The summed E-state index contributed by atoms with van der Waals surface area (Å²) >= 11 is 0. The molecule has 2 aromatic carbocycles. The number of aromatic nitrogens is 3. The van der Waals surface area contributed by atoms with Crippen molar-refractivity contribution in [1.82, 2.24) is 14.5 Å². The molecule has 0 bridgehead atoms. The van der Waals surface area contributed by atoms with Crippen molar-refractivity contribution < 1.29 is 0 Å². The summed E-state index contributed by atoms with van der Waals surface area (Å²) in [6, 6.07) is 21.5. The molecule has 1 aliphatic carbocycles. The van der Waals surface area contributed by atoms with Gasteiger partial charge in [-0.05, 0) is 42.2 Å². The van der Waals surface area contributed by atoms with Crippen molar-refractivity contribution in [1.29, 1.82) is 0 Å². The highest BCUT2D eigenvalue weighted by molar-refractivity contribution is 5.76. The number of benzene rings is 2. The SMILES string of the molecule is O=c1ccc2cnc(Nc3ccccc3)nc2n1C1CCc2ccccc21. The molecule has 0 saturated carbocycles. The molecule has 5 nitrogen and oxygen atoms in total. The molecular weight excluding hydrogens is 336 g/mol. The van der Waals surface area contributed by atoms with Crippen molar-refractivity contribution in [3.63, 3.8) is 0 Å². The van der Waals surface area contributed by atoms with Crippen molar-refractivity contribution in [2.75, 3.05) is 5.32 Å². The molecule has 0 radical (unpaired) electrons. The minimum atomic E-state index is -0.0337. The summed E-state index contributed by atoms with van der Waals surface area (Å²) in [5, 5.41) is 4.07. The number of hydrogen-bond donors (Lipinski definition) is 1. The van der Waals surface area contributed by atoms with Gasteiger partial charge in [0, 0.05) is 23.3 Å². The maximum absolute atomic E-state index is 12.8. The van der Waals surface area contributed by atoms with Crippen molar-refractivity contribution in [3.8, 4) is 0 Å². The average molecular weight is 354 g/mol. The van der Waals surface area contributed by atoms with Crippen molar-refractivity contribution in [2.24, 2.45) is 0 Å². The number of para-hydroxylation sites is 1. The predicted molar refractivity (Wildman–Crippen MR) is 106 cm³/mol. The lowest BCUT2D eigenvalue weighted by atomic mass is 10.1. The number of nitrogens with zero attached hydrogens (tertiary/aromatic N) is 3. The van der Waals surface area contributed by atoms with E-state index in [2.05, 4.69) is 33.5 Å². The third kappa shape index (κ3) is 2.77. The molecule has 0 saturated heterocycles. The zero-order valence-corrected chi connectivity index (χ0v) is 14.7. The second-order valence-electron chi connectivity index (χ2n) is 6.76. The summed E-state index contributed by atoms with van der Waals surface area (Å²) < 4.78 is 1.82. The zero-order chi connectivity index (χ0) is 18.2. The zero-order valence-electron chi connectivity index (χ0n) is 14.7. The number of fused-ring (bicyclic) bond motifs is 2. The minimum absolute atomic E-state index is 0.0110. The van der Waals surface area contributed by atoms with Crippen LogP contribution in [0.4, 0.5) is 11.6 Å². The van der Waals surface area contributed by atoms with E-state index in [1.54, 1.807) is 18.3 Å². The second kappa shape index (κ2) is 6.36. The lowest BCUT2D eigenvalue weighted by molar-refractivity contribution is 0.576. The van der Waals surface area contributed by atoms with Crippen LogP contribution in [0.15, 0.2) is 77.7 Å². The van der Waals surface area contributed by atoms with E-state index in [1.165, 1.54) is 11.1 Å². The first-order valence-corrected chi connectivity index (χ1v) is 9.08. The summed E-state index contributed by atoms with van der Waals surface area (Å²) in [6.07, 6.45) is 3.65. The molecule has 2 aromatic heterocycles. The van der Waals surface area contributed by atoms with Gasteiger partial charge in [0.15, 0.2) is 0 Å². The lowest BCUT2D eigenvalue weighted by Crippen LogP contribution is -2.24. The second-order valence-corrected chi connectivity index (χ2v) is 6.76. The number of aryl methyl sites for hydroxylation is 1. The van der Waals surface area contributed by atoms with Gasteiger partial charge in [0.05, 0.1) is 6.04 Å². The molecule has 27 heavy (non-hydrogen) atoms. The molecule has 0 aliphatic heterocycles. The van der Waals surface area contributed by atoms with Crippen LogP contribution in [0.25, 0.3) is 11.0 Å². The normalized spacial score (nSPS) is 15.6. The maximum atomic E-state index is 12.8. The number of nitrogens with one attached hydrogen (secondary N) is 1. The molecule has 0 fully saturated rings. The largest absolute Gasteiger partial charge is 0.324 e. The van der Waals surface area contributed by atoms with Crippen LogP contribution >= 0.6 is 0 Å². The average Bonchev–Trinajstić information content (AvgIpc) is 3.12. The molecule has 5 heteroatoms. The molecule has 1 unspecified atom stereocenters. The number of hydrogen-bond acceptors (Lipinski definition) is 4. The summed E-state index contributed by atoms with van der Waals surface area (Å²) in [6.45, 7) is 0. The van der Waals surface area contributed by atoms with Gasteiger partial charge in [-0.1, -0.05) is 42.5 Å². The first-order chi connectivity index (χ1) is 13.3. The van der Waals surface area contributed by atoms with Gasteiger partial charge >= 0.3 is 0 Å². The molecule has 1 N–H and O–H groups in total. The van der Waals surface area contributed by atoms with E-state index < -0.39 is 0 Å². The quantitative estimate of drug-likeness (QED) is 0.602. The molecule has 2 heterocycles. The fourth-order valence-corrected chi connectivity index (χ4v) is 3.85. The molecule has 1 aliphatic rings. The first-order valence-electron chi connectivity index (χ1n) is 9.08. The van der Waals surface area contributed by atoms with E-state index in [4.69, 9.17) is 0 Å². The van der Waals surface area contributed by atoms with Gasteiger partial charge in [-0.25, -0.2) is 4.98 Å². The van der Waals surface area contributed by atoms with Gasteiger partial charge in [0.1, 0.15) is 5.65 Å². The fourth-order valence-electron chi connectivity index (χ4n) is 3.85. The number of rotatable bonds is 3. The van der Waals surface area contributed by atoms with Gasteiger partial charge in [0.2, 0.25) is 5.95 Å². The van der Waals surface area contributed by atoms with Gasteiger partial charge in [0.25, 0.3) is 5.56 Å². The Hall–Kier alpha value is -3.47. The molecule has 1 atom stereocenters.